The number of nitrogens with one attached hydrogen (secondary N) is 1. The average molecular weight is 197 g/mol. The lowest BCUT2D eigenvalue weighted by atomic mass is 10.3. The summed E-state index contributed by atoms with van der Waals surface area (Å²) in [6, 6.07) is 4.51. The normalized spacial score (nSPS) is 10.6. The summed E-state index contributed by atoms with van der Waals surface area (Å²) in [4.78, 5) is 3.02. The molecule has 1 rings (SSSR count). The molecule has 0 unspecified atom stereocenters. The van der Waals surface area contributed by atoms with E-state index in [1.807, 2.05) is 11.3 Å². The van der Waals surface area contributed by atoms with E-state index in [-0.39, 0.29) is 0 Å². The fraction of sp³-hybridized carbons (Fsp3) is 0.636. The van der Waals surface area contributed by atoms with Gasteiger partial charge >= 0.3 is 0 Å². The molecule has 0 aromatic carbocycles. The third kappa shape index (κ3) is 3.92. The molecule has 0 amide bonds. The maximum Gasteiger partial charge on any atom is 0.00608 e. The zero-order chi connectivity index (χ0) is 9.52. The van der Waals surface area contributed by atoms with Gasteiger partial charge in [0.1, 0.15) is 0 Å². The maximum atomic E-state index is 3.42. The topological polar surface area (TPSA) is 12.0 Å². The van der Waals surface area contributed by atoms with Crippen molar-refractivity contribution in [3.8, 4) is 0 Å². The molecule has 0 bridgehead atoms. The molecule has 0 saturated carbocycles. The van der Waals surface area contributed by atoms with Crippen LogP contribution in [0, 0.1) is 0 Å². The van der Waals surface area contributed by atoms with Crippen molar-refractivity contribution in [2.24, 2.45) is 0 Å². The number of hydrogen-bond acceptors (Lipinski definition) is 2. The minimum Gasteiger partial charge on any atom is -0.316 e. The van der Waals surface area contributed by atoms with Gasteiger partial charge in [-0.3, -0.25) is 0 Å². The molecular weight excluding hydrogens is 178 g/mol. The molecule has 0 spiro atoms. The smallest absolute Gasteiger partial charge is 0.00608 e. The van der Waals surface area contributed by atoms with Crippen molar-refractivity contribution in [3.63, 3.8) is 0 Å². The molecule has 1 N–H and O–H groups in total. The van der Waals surface area contributed by atoms with E-state index in [0.29, 0.717) is 0 Å². The van der Waals surface area contributed by atoms with Crippen LogP contribution in [-0.4, -0.2) is 13.1 Å². The summed E-state index contributed by atoms with van der Waals surface area (Å²) in [5, 5.41) is 3.42. The van der Waals surface area contributed by atoms with E-state index in [0.717, 1.165) is 13.1 Å². The van der Waals surface area contributed by atoms with Crippen molar-refractivity contribution >= 4 is 11.3 Å². The number of rotatable bonds is 6. The van der Waals surface area contributed by atoms with Gasteiger partial charge in [0.05, 0.1) is 0 Å². The first-order valence-corrected chi connectivity index (χ1v) is 5.96. The summed E-state index contributed by atoms with van der Waals surface area (Å²) >= 11 is 1.95. The molecule has 13 heavy (non-hydrogen) atoms. The van der Waals surface area contributed by atoms with E-state index >= 15 is 0 Å². The van der Waals surface area contributed by atoms with Crippen LogP contribution in [0.2, 0.25) is 0 Å². The standard InChI is InChI=1S/C11H19NS/c1-3-8-12-9-7-11-6-5-10(4-2)13-11/h5-6,12H,3-4,7-9H2,1-2H3. The Labute approximate surface area is 85.2 Å². The highest BCUT2D eigenvalue weighted by Crippen LogP contribution is 2.16. The maximum absolute atomic E-state index is 3.42. The largest absolute Gasteiger partial charge is 0.316 e. The molecule has 1 heterocycles. The van der Waals surface area contributed by atoms with Gasteiger partial charge in [0.2, 0.25) is 0 Å². The van der Waals surface area contributed by atoms with Crippen LogP contribution in [0.5, 0.6) is 0 Å². The van der Waals surface area contributed by atoms with E-state index in [2.05, 4.69) is 31.3 Å². The Balaban J connectivity index is 2.20. The molecule has 0 radical (unpaired) electrons. The molecule has 1 aromatic heterocycles. The van der Waals surface area contributed by atoms with Crippen LogP contribution in [0.15, 0.2) is 12.1 Å². The number of aryl methyl sites for hydroxylation is 1. The minimum absolute atomic E-state index is 1.12. The van der Waals surface area contributed by atoms with Crippen molar-refractivity contribution in [2.75, 3.05) is 13.1 Å². The third-order valence-electron chi connectivity index (χ3n) is 2.04. The quantitative estimate of drug-likeness (QED) is 0.691. The predicted octanol–water partition coefficient (Wildman–Crippen LogP) is 2.85. The Morgan fingerprint density at radius 2 is 1.92 bits per heavy atom. The van der Waals surface area contributed by atoms with Gasteiger partial charge in [0.15, 0.2) is 0 Å². The molecular formula is C11H19NS. The van der Waals surface area contributed by atoms with Crippen LogP contribution in [-0.2, 0) is 12.8 Å². The van der Waals surface area contributed by atoms with E-state index in [1.165, 1.54) is 29.0 Å². The first-order valence-electron chi connectivity index (χ1n) is 5.15. The third-order valence-corrected chi connectivity index (χ3v) is 3.33. The zero-order valence-electron chi connectivity index (χ0n) is 8.60. The highest BCUT2D eigenvalue weighted by molar-refractivity contribution is 7.11. The van der Waals surface area contributed by atoms with Crippen molar-refractivity contribution in [2.45, 2.75) is 33.1 Å². The Bertz CT molecular complexity index is 230. The monoisotopic (exact) mass is 197 g/mol. The molecule has 74 valence electrons. The molecule has 0 aliphatic rings. The first kappa shape index (κ1) is 10.7. The Kier molecular flexibility index (Phi) is 5.09. The van der Waals surface area contributed by atoms with Crippen molar-refractivity contribution in [1.29, 1.82) is 0 Å². The van der Waals surface area contributed by atoms with Gasteiger partial charge in [-0.1, -0.05) is 13.8 Å². The first-order chi connectivity index (χ1) is 6.36. The molecule has 0 saturated heterocycles. The molecule has 1 nitrogen and oxygen atoms in total. The Morgan fingerprint density at radius 1 is 1.15 bits per heavy atom. The van der Waals surface area contributed by atoms with Crippen molar-refractivity contribution in [1.82, 2.24) is 5.32 Å². The van der Waals surface area contributed by atoms with Crippen LogP contribution < -0.4 is 5.32 Å². The van der Waals surface area contributed by atoms with Gasteiger partial charge in [-0.2, -0.15) is 0 Å². The second-order valence-electron chi connectivity index (χ2n) is 3.22. The summed E-state index contributed by atoms with van der Waals surface area (Å²) in [6.07, 6.45) is 3.59. The molecule has 0 atom stereocenters. The zero-order valence-corrected chi connectivity index (χ0v) is 9.41. The Morgan fingerprint density at radius 3 is 2.54 bits per heavy atom. The molecule has 1 aromatic rings. The molecule has 0 aliphatic carbocycles. The van der Waals surface area contributed by atoms with Crippen LogP contribution in [0.1, 0.15) is 30.0 Å². The lowest BCUT2D eigenvalue weighted by Gasteiger charge is -1.99. The summed E-state index contributed by atoms with van der Waals surface area (Å²) in [7, 11) is 0. The van der Waals surface area contributed by atoms with Gasteiger partial charge < -0.3 is 5.32 Å². The lowest BCUT2D eigenvalue weighted by Crippen LogP contribution is -2.17. The second kappa shape index (κ2) is 6.17. The second-order valence-corrected chi connectivity index (χ2v) is 4.47. The van der Waals surface area contributed by atoms with Crippen LogP contribution in [0.3, 0.4) is 0 Å². The highest BCUT2D eigenvalue weighted by atomic mass is 32.1. The van der Waals surface area contributed by atoms with E-state index in [1.54, 1.807) is 0 Å². The number of hydrogen-bond donors (Lipinski definition) is 1. The predicted molar refractivity (Wildman–Crippen MR) is 60.6 cm³/mol. The lowest BCUT2D eigenvalue weighted by molar-refractivity contribution is 0.674. The Hall–Kier alpha value is -0.340. The summed E-state index contributed by atoms with van der Waals surface area (Å²) in [6.45, 7) is 6.68. The van der Waals surface area contributed by atoms with Gasteiger partial charge in [0.25, 0.3) is 0 Å². The van der Waals surface area contributed by atoms with Crippen LogP contribution in [0.4, 0.5) is 0 Å². The van der Waals surface area contributed by atoms with Gasteiger partial charge in [-0.05, 0) is 44.5 Å². The van der Waals surface area contributed by atoms with Crippen LogP contribution >= 0.6 is 11.3 Å². The SMILES string of the molecule is CCCNCCc1ccc(CC)s1. The van der Waals surface area contributed by atoms with Crippen LogP contribution in [0.25, 0.3) is 0 Å². The molecule has 0 aliphatic heterocycles. The van der Waals surface area contributed by atoms with E-state index in [9.17, 15) is 0 Å². The van der Waals surface area contributed by atoms with Crippen molar-refractivity contribution in [3.05, 3.63) is 21.9 Å². The van der Waals surface area contributed by atoms with Gasteiger partial charge in [0, 0.05) is 9.75 Å². The fourth-order valence-corrected chi connectivity index (χ4v) is 2.22. The number of thiophene rings is 1. The molecule has 0 fully saturated rings. The molecule has 2 heteroatoms. The van der Waals surface area contributed by atoms with Crippen molar-refractivity contribution < 1.29 is 0 Å². The van der Waals surface area contributed by atoms with E-state index in [4.69, 9.17) is 0 Å². The van der Waals surface area contributed by atoms with Gasteiger partial charge in [-0.25, -0.2) is 0 Å². The van der Waals surface area contributed by atoms with Gasteiger partial charge in [-0.15, -0.1) is 11.3 Å². The average Bonchev–Trinajstić information content (AvgIpc) is 2.60. The summed E-state index contributed by atoms with van der Waals surface area (Å²) in [5.41, 5.74) is 0. The van der Waals surface area contributed by atoms with E-state index < -0.39 is 0 Å². The summed E-state index contributed by atoms with van der Waals surface area (Å²) in [5.74, 6) is 0. The fourth-order valence-electron chi connectivity index (χ4n) is 1.26. The minimum atomic E-state index is 1.12. The highest BCUT2D eigenvalue weighted by Gasteiger charge is 1.97. The summed E-state index contributed by atoms with van der Waals surface area (Å²) < 4.78 is 0.